The summed E-state index contributed by atoms with van der Waals surface area (Å²) in [6.45, 7) is 6.88. The lowest BCUT2D eigenvalue weighted by molar-refractivity contribution is -0.385. The number of ether oxygens (including phenoxy) is 1. The van der Waals surface area contributed by atoms with Crippen LogP contribution < -0.4 is 10.1 Å². The molecule has 18 heavy (non-hydrogen) atoms. The van der Waals surface area contributed by atoms with E-state index in [1.807, 2.05) is 20.8 Å². The lowest BCUT2D eigenvalue weighted by atomic mass is 10.2. The lowest BCUT2D eigenvalue weighted by Gasteiger charge is -2.10. The number of hydrogen-bond donors (Lipinski definition) is 1. The zero-order valence-electron chi connectivity index (χ0n) is 10.8. The molecule has 7 heteroatoms. The molecule has 0 amide bonds. The van der Waals surface area contributed by atoms with Gasteiger partial charge in [0.25, 0.3) is 5.88 Å². The third kappa shape index (κ3) is 3.83. The van der Waals surface area contributed by atoms with Crippen molar-refractivity contribution in [2.75, 3.05) is 18.5 Å². The second kappa shape index (κ2) is 6.73. The first-order chi connectivity index (χ1) is 8.56. The number of hydrogen-bond acceptors (Lipinski definition) is 6. The van der Waals surface area contributed by atoms with Crippen molar-refractivity contribution in [1.29, 1.82) is 0 Å². The van der Waals surface area contributed by atoms with E-state index >= 15 is 0 Å². The Labute approximate surface area is 106 Å². The molecule has 0 atom stereocenters. The summed E-state index contributed by atoms with van der Waals surface area (Å²) in [5.74, 6) is 0.490. The molecule has 7 nitrogen and oxygen atoms in total. The molecule has 0 radical (unpaired) electrons. The monoisotopic (exact) mass is 254 g/mol. The van der Waals surface area contributed by atoms with Gasteiger partial charge in [0.05, 0.1) is 11.5 Å². The second-order valence-electron chi connectivity index (χ2n) is 4.26. The van der Waals surface area contributed by atoms with Crippen LogP contribution in [0.5, 0.6) is 5.88 Å². The summed E-state index contributed by atoms with van der Waals surface area (Å²) in [6.07, 6.45) is 2.12. The Morgan fingerprint density at radius 2 is 2.22 bits per heavy atom. The van der Waals surface area contributed by atoms with Gasteiger partial charge in [-0.05, 0) is 12.3 Å². The van der Waals surface area contributed by atoms with Gasteiger partial charge in [-0.15, -0.1) is 0 Å². The number of aromatic nitrogens is 2. The standard InChI is InChI=1S/C11H18N4O3/c1-4-5-12-10-9(15(16)17)11(14-7-13-10)18-6-8(2)3/h7-8H,4-6H2,1-3H3,(H,12,13,14). The average molecular weight is 254 g/mol. The Hall–Kier alpha value is -1.92. The van der Waals surface area contributed by atoms with Gasteiger partial charge in [-0.25, -0.2) is 4.98 Å². The molecule has 0 aromatic carbocycles. The van der Waals surface area contributed by atoms with Crippen LogP contribution in [-0.2, 0) is 0 Å². The number of anilines is 1. The molecule has 0 saturated heterocycles. The molecule has 0 aliphatic heterocycles. The van der Waals surface area contributed by atoms with Gasteiger partial charge in [-0.3, -0.25) is 10.1 Å². The van der Waals surface area contributed by atoms with Crippen LogP contribution in [0.15, 0.2) is 6.33 Å². The molecular formula is C11H18N4O3. The van der Waals surface area contributed by atoms with Crippen LogP contribution >= 0.6 is 0 Å². The average Bonchev–Trinajstić information content (AvgIpc) is 2.33. The molecule has 0 fully saturated rings. The summed E-state index contributed by atoms with van der Waals surface area (Å²) in [5, 5.41) is 14.0. The lowest BCUT2D eigenvalue weighted by Crippen LogP contribution is -2.11. The van der Waals surface area contributed by atoms with Crippen molar-refractivity contribution >= 4 is 11.5 Å². The van der Waals surface area contributed by atoms with Crippen LogP contribution in [0.25, 0.3) is 0 Å². The molecule has 1 aromatic rings. The van der Waals surface area contributed by atoms with Gasteiger partial charge in [0, 0.05) is 6.54 Å². The van der Waals surface area contributed by atoms with Gasteiger partial charge in [0.1, 0.15) is 6.33 Å². The van der Waals surface area contributed by atoms with Crippen LogP contribution in [0.3, 0.4) is 0 Å². The molecule has 0 aliphatic rings. The summed E-state index contributed by atoms with van der Waals surface area (Å²) in [5.41, 5.74) is -0.202. The zero-order chi connectivity index (χ0) is 13.5. The first-order valence-corrected chi connectivity index (χ1v) is 5.92. The quantitative estimate of drug-likeness (QED) is 0.592. The van der Waals surface area contributed by atoms with Crippen molar-refractivity contribution in [3.63, 3.8) is 0 Å². The van der Waals surface area contributed by atoms with Gasteiger partial charge in [-0.1, -0.05) is 20.8 Å². The van der Waals surface area contributed by atoms with Gasteiger partial charge < -0.3 is 10.1 Å². The Kier molecular flexibility index (Phi) is 5.29. The minimum Gasteiger partial charge on any atom is -0.472 e. The van der Waals surface area contributed by atoms with Gasteiger partial charge in [-0.2, -0.15) is 4.98 Å². The molecule has 0 unspecified atom stereocenters. The number of nitrogens with zero attached hydrogens (tertiary/aromatic N) is 3. The first-order valence-electron chi connectivity index (χ1n) is 5.92. The normalized spacial score (nSPS) is 10.4. The van der Waals surface area contributed by atoms with Crippen molar-refractivity contribution in [1.82, 2.24) is 9.97 Å². The molecule has 0 bridgehead atoms. The van der Waals surface area contributed by atoms with E-state index in [1.165, 1.54) is 6.33 Å². The molecule has 1 rings (SSSR count). The van der Waals surface area contributed by atoms with E-state index in [2.05, 4.69) is 15.3 Å². The van der Waals surface area contributed by atoms with E-state index in [0.717, 1.165) is 6.42 Å². The Morgan fingerprint density at radius 1 is 1.50 bits per heavy atom. The summed E-state index contributed by atoms with van der Waals surface area (Å²) < 4.78 is 5.35. The maximum absolute atomic E-state index is 11.1. The van der Waals surface area contributed by atoms with Crippen LogP contribution in [-0.4, -0.2) is 28.0 Å². The fourth-order valence-corrected chi connectivity index (χ4v) is 1.25. The molecule has 0 aliphatic carbocycles. The zero-order valence-corrected chi connectivity index (χ0v) is 10.8. The molecule has 100 valence electrons. The number of nitrogens with one attached hydrogen (secondary N) is 1. The van der Waals surface area contributed by atoms with Crippen molar-refractivity contribution in [3.8, 4) is 5.88 Å². The fraction of sp³-hybridized carbons (Fsp3) is 0.636. The van der Waals surface area contributed by atoms with E-state index in [0.29, 0.717) is 13.2 Å². The van der Waals surface area contributed by atoms with Crippen molar-refractivity contribution in [3.05, 3.63) is 16.4 Å². The van der Waals surface area contributed by atoms with E-state index < -0.39 is 4.92 Å². The minimum atomic E-state index is -0.520. The Morgan fingerprint density at radius 3 is 2.78 bits per heavy atom. The highest BCUT2D eigenvalue weighted by molar-refractivity contribution is 5.61. The number of nitro groups is 1. The van der Waals surface area contributed by atoms with Crippen LogP contribution in [0.4, 0.5) is 11.5 Å². The van der Waals surface area contributed by atoms with Crippen molar-refractivity contribution < 1.29 is 9.66 Å². The third-order valence-corrected chi connectivity index (χ3v) is 2.07. The minimum absolute atomic E-state index is 0.0160. The third-order valence-electron chi connectivity index (χ3n) is 2.07. The predicted octanol–water partition coefficient (Wildman–Crippen LogP) is 2.24. The van der Waals surface area contributed by atoms with Crippen LogP contribution in [0.1, 0.15) is 27.2 Å². The maximum Gasteiger partial charge on any atom is 0.372 e. The largest absolute Gasteiger partial charge is 0.472 e. The van der Waals surface area contributed by atoms with E-state index in [9.17, 15) is 10.1 Å². The Balaban J connectivity index is 2.97. The molecule has 1 aromatic heterocycles. The molecule has 1 heterocycles. The highest BCUT2D eigenvalue weighted by atomic mass is 16.6. The summed E-state index contributed by atoms with van der Waals surface area (Å²) in [4.78, 5) is 18.2. The number of rotatable bonds is 7. The van der Waals surface area contributed by atoms with Crippen molar-refractivity contribution in [2.24, 2.45) is 5.92 Å². The molecule has 0 saturated carbocycles. The summed E-state index contributed by atoms with van der Waals surface area (Å²) in [7, 11) is 0. The predicted molar refractivity (Wildman–Crippen MR) is 67.8 cm³/mol. The summed E-state index contributed by atoms with van der Waals surface area (Å²) >= 11 is 0. The van der Waals surface area contributed by atoms with Gasteiger partial charge in [0.15, 0.2) is 0 Å². The van der Waals surface area contributed by atoms with Crippen LogP contribution in [0.2, 0.25) is 0 Å². The van der Waals surface area contributed by atoms with E-state index in [1.54, 1.807) is 0 Å². The highest BCUT2D eigenvalue weighted by Gasteiger charge is 2.24. The van der Waals surface area contributed by atoms with E-state index in [-0.39, 0.29) is 23.3 Å². The molecular weight excluding hydrogens is 236 g/mol. The first kappa shape index (κ1) is 14.1. The van der Waals surface area contributed by atoms with Gasteiger partial charge >= 0.3 is 5.69 Å². The van der Waals surface area contributed by atoms with Crippen LogP contribution in [0, 0.1) is 16.0 Å². The molecule has 0 spiro atoms. The Bertz CT molecular complexity index is 409. The van der Waals surface area contributed by atoms with Crippen molar-refractivity contribution in [2.45, 2.75) is 27.2 Å². The highest BCUT2D eigenvalue weighted by Crippen LogP contribution is 2.30. The second-order valence-corrected chi connectivity index (χ2v) is 4.26. The SMILES string of the molecule is CCCNc1ncnc(OCC(C)C)c1[N+](=O)[O-]. The summed E-state index contributed by atoms with van der Waals surface area (Å²) in [6, 6.07) is 0. The maximum atomic E-state index is 11.1. The fourth-order valence-electron chi connectivity index (χ4n) is 1.25. The van der Waals surface area contributed by atoms with E-state index in [4.69, 9.17) is 4.74 Å². The van der Waals surface area contributed by atoms with Gasteiger partial charge in [0.2, 0.25) is 5.82 Å². The molecule has 1 N–H and O–H groups in total. The topological polar surface area (TPSA) is 90.2 Å². The smallest absolute Gasteiger partial charge is 0.372 e.